The first-order chi connectivity index (χ1) is 20.3. The number of carbonyl (C=O) groups is 2. The van der Waals surface area contributed by atoms with Crippen LogP contribution in [-0.2, 0) is 21.6 Å². The van der Waals surface area contributed by atoms with Crippen LogP contribution in [0.15, 0.2) is 54.6 Å². The Morgan fingerprint density at radius 2 is 2.02 bits per heavy atom. The SMILES string of the molecule is CCCCN1[C@H]2CCn3c(nc4cc(C(=O)OC)ccc43)[C@H]2[C@H](c2cccc(Cl)c2F)[C@]12C(=O)Nc1cc(Cl)ccc12. The van der Waals surface area contributed by atoms with E-state index >= 15 is 4.39 Å². The lowest BCUT2D eigenvalue weighted by Crippen LogP contribution is -2.52. The molecule has 0 unspecified atom stereocenters. The molecule has 0 saturated carbocycles. The molecule has 0 bridgehead atoms. The summed E-state index contributed by atoms with van der Waals surface area (Å²) >= 11 is 12.8. The van der Waals surface area contributed by atoms with E-state index in [2.05, 4.69) is 21.7 Å². The molecule has 42 heavy (non-hydrogen) atoms. The number of likely N-dealkylation sites (tertiary alicyclic amines) is 1. The number of carbonyl (C=O) groups excluding carboxylic acids is 2. The number of imidazole rings is 1. The molecule has 216 valence electrons. The number of ether oxygens (including phenoxy) is 1. The first-order valence-corrected chi connectivity index (χ1v) is 15.0. The molecule has 4 aromatic rings. The molecule has 7 rings (SSSR count). The van der Waals surface area contributed by atoms with Crippen LogP contribution in [0, 0.1) is 5.82 Å². The smallest absolute Gasteiger partial charge is 0.337 e. The highest BCUT2D eigenvalue weighted by Gasteiger charge is 2.68. The van der Waals surface area contributed by atoms with Crippen molar-refractivity contribution >= 4 is 51.8 Å². The molecule has 3 aliphatic heterocycles. The predicted octanol–water partition coefficient (Wildman–Crippen LogP) is 6.87. The van der Waals surface area contributed by atoms with Crippen LogP contribution < -0.4 is 5.32 Å². The highest BCUT2D eigenvalue weighted by molar-refractivity contribution is 6.31. The first kappa shape index (κ1) is 27.4. The number of nitrogens with zero attached hydrogens (tertiary/aromatic N) is 3. The largest absolute Gasteiger partial charge is 0.465 e. The van der Waals surface area contributed by atoms with Gasteiger partial charge >= 0.3 is 5.97 Å². The summed E-state index contributed by atoms with van der Waals surface area (Å²) in [6.45, 7) is 3.44. The van der Waals surface area contributed by atoms with Crippen LogP contribution in [0.5, 0.6) is 0 Å². The summed E-state index contributed by atoms with van der Waals surface area (Å²) in [4.78, 5) is 34.2. The molecule has 1 fully saturated rings. The zero-order chi connectivity index (χ0) is 29.3. The van der Waals surface area contributed by atoms with E-state index in [9.17, 15) is 9.59 Å². The van der Waals surface area contributed by atoms with Crippen molar-refractivity contribution in [2.75, 3.05) is 19.0 Å². The molecular formula is C32H29Cl2FN4O3. The third-order valence-electron chi connectivity index (χ3n) is 9.28. The standard InChI is InChI=1S/C32H29Cl2FN4O3/c1-3-4-13-39-25-12-14-38-24-11-8-17(30(40)42-2)15-23(24)36-29(38)26(25)27(19-6-5-7-21(34)28(19)35)32(39)20-10-9-18(33)16-22(20)37-31(32)41/h5-11,15-16,25-27H,3-4,12-14H2,1-2H3,(H,37,41)/t25-,26+,27-,32+/m0/s1. The van der Waals surface area contributed by atoms with Gasteiger partial charge in [0.15, 0.2) is 0 Å². The Morgan fingerprint density at radius 3 is 2.81 bits per heavy atom. The molecule has 10 heteroatoms. The zero-order valence-corrected chi connectivity index (χ0v) is 24.7. The third kappa shape index (κ3) is 3.71. The number of anilines is 1. The number of aryl methyl sites for hydroxylation is 1. The van der Waals surface area contributed by atoms with Crippen LogP contribution in [0.2, 0.25) is 10.0 Å². The van der Waals surface area contributed by atoms with Crippen LogP contribution in [-0.4, -0.2) is 46.0 Å². The van der Waals surface area contributed by atoms with E-state index in [-0.39, 0.29) is 22.9 Å². The normalized spacial score (nSPS) is 24.5. The number of rotatable bonds is 5. The lowest BCUT2D eigenvalue weighted by atomic mass is 9.70. The Labute approximate surface area is 252 Å². The fraction of sp³-hybridized carbons (Fsp3) is 0.344. The molecule has 7 nitrogen and oxygen atoms in total. The Hall–Kier alpha value is -3.46. The maximum atomic E-state index is 16.2. The number of unbranched alkanes of at least 4 members (excludes halogenated alkanes) is 1. The van der Waals surface area contributed by atoms with Crippen LogP contribution in [0.3, 0.4) is 0 Å². The Morgan fingerprint density at radius 1 is 1.19 bits per heavy atom. The van der Waals surface area contributed by atoms with E-state index in [1.165, 1.54) is 13.2 Å². The molecule has 1 saturated heterocycles. The van der Waals surface area contributed by atoms with Crippen molar-refractivity contribution in [1.82, 2.24) is 14.5 Å². The second kappa shape index (κ2) is 10.1. The number of amides is 1. The van der Waals surface area contributed by atoms with Crippen molar-refractivity contribution in [2.24, 2.45) is 0 Å². The zero-order valence-electron chi connectivity index (χ0n) is 23.2. The summed E-state index contributed by atoms with van der Waals surface area (Å²) in [5.41, 5.74) is 2.53. The Balaban J connectivity index is 1.52. The minimum Gasteiger partial charge on any atom is -0.465 e. The van der Waals surface area contributed by atoms with E-state index in [1.807, 2.05) is 12.1 Å². The summed E-state index contributed by atoms with van der Waals surface area (Å²) < 4.78 is 23.3. The van der Waals surface area contributed by atoms with Gasteiger partial charge in [0.2, 0.25) is 5.91 Å². The topological polar surface area (TPSA) is 76.5 Å². The van der Waals surface area contributed by atoms with Gasteiger partial charge in [0.25, 0.3) is 0 Å². The van der Waals surface area contributed by atoms with E-state index < -0.39 is 23.2 Å². The fourth-order valence-corrected chi connectivity index (χ4v) is 8.01. The molecule has 3 aliphatic rings. The maximum absolute atomic E-state index is 16.2. The molecule has 0 aliphatic carbocycles. The monoisotopic (exact) mass is 606 g/mol. The molecule has 1 aromatic heterocycles. The van der Waals surface area contributed by atoms with Gasteiger partial charge in [-0.2, -0.15) is 0 Å². The Bertz CT molecular complexity index is 1770. The molecule has 3 aromatic carbocycles. The lowest BCUT2D eigenvalue weighted by molar-refractivity contribution is -0.128. The quantitative estimate of drug-likeness (QED) is 0.251. The van der Waals surface area contributed by atoms with Gasteiger partial charge in [0.05, 0.1) is 28.7 Å². The second-order valence-electron chi connectivity index (χ2n) is 11.3. The van der Waals surface area contributed by atoms with Gasteiger partial charge in [-0.1, -0.05) is 54.7 Å². The highest BCUT2D eigenvalue weighted by atomic mass is 35.5. The lowest BCUT2D eigenvalue weighted by Gasteiger charge is -2.40. The number of esters is 1. The third-order valence-corrected chi connectivity index (χ3v) is 9.81. The van der Waals surface area contributed by atoms with Gasteiger partial charge in [-0.05, 0) is 61.3 Å². The number of halogens is 3. The summed E-state index contributed by atoms with van der Waals surface area (Å²) in [6, 6.07) is 15.7. The summed E-state index contributed by atoms with van der Waals surface area (Å²) in [7, 11) is 1.35. The van der Waals surface area contributed by atoms with Crippen molar-refractivity contribution in [3.05, 3.63) is 93.0 Å². The van der Waals surface area contributed by atoms with Gasteiger partial charge in [0.1, 0.15) is 17.2 Å². The van der Waals surface area contributed by atoms with Crippen LogP contribution in [0.4, 0.5) is 10.1 Å². The van der Waals surface area contributed by atoms with Crippen LogP contribution in [0.25, 0.3) is 11.0 Å². The van der Waals surface area contributed by atoms with E-state index in [4.69, 9.17) is 32.9 Å². The molecular weight excluding hydrogens is 578 g/mol. The van der Waals surface area contributed by atoms with E-state index in [0.717, 1.165) is 36.2 Å². The number of aromatic nitrogens is 2. The summed E-state index contributed by atoms with van der Waals surface area (Å²) in [6.07, 6.45) is 2.54. The van der Waals surface area contributed by atoms with Gasteiger partial charge in [-0.3, -0.25) is 9.69 Å². The van der Waals surface area contributed by atoms with Crippen molar-refractivity contribution in [2.45, 2.75) is 56.1 Å². The molecule has 4 heterocycles. The number of hydrogen-bond donors (Lipinski definition) is 1. The van der Waals surface area contributed by atoms with E-state index in [1.54, 1.807) is 36.4 Å². The number of fused-ring (bicyclic) bond motifs is 7. The average molecular weight is 608 g/mol. The minimum atomic E-state index is -1.21. The molecule has 0 radical (unpaired) electrons. The number of hydrogen-bond acceptors (Lipinski definition) is 5. The Kier molecular flexibility index (Phi) is 6.57. The van der Waals surface area contributed by atoms with Crippen molar-refractivity contribution in [1.29, 1.82) is 0 Å². The number of benzene rings is 3. The fourth-order valence-electron chi connectivity index (χ4n) is 7.65. The van der Waals surface area contributed by atoms with Crippen LogP contribution in [0.1, 0.15) is 65.3 Å². The molecule has 4 atom stereocenters. The summed E-state index contributed by atoms with van der Waals surface area (Å²) in [5, 5.41) is 3.62. The predicted molar refractivity (Wildman–Crippen MR) is 160 cm³/mol. The number of methoxy groups -OCH3 is 1. The minimum absolute atomic E-state index is 0.00738. The molecule has 1 amide bonds. The summed E-state index contributed by atoms with van der Waals surface area (Å²) in [5.74, 6) is -1.40. The molecule has 1 N–H and O–H groups in total. The van der Waals surface area contributed by atoms with Gasteiger partial charge in [0, 0.05) is 40.7 Å². The molecule has 1 spiro atoms. The van der Waals surface area contributed by atoms with Gasteiger partial charge in [-0.25, -0.2) is 14.2 Å². The van der Waals surface area contributed by atoms with Crippen molar-refractivity contribution in [3.63, 3.8) is 0 Å². The van der Waals surface area contributed by atoms with Gasteiger partial charge < -0.3 is 14.6 Å². The number of nitrogens with one attached hydrogen (secondary N) is 1. The maximum Gasteiger partial charge on any atom is 0.337 e. The van der Waals surface area contributed by atoms with E-state index in [0.29, 0.717) is 40.4 Å². The van der Waals surface area contributed by atoms with Crippen molar-refractivity contribution in [3.8, 4) is 0 Å². The van der Waals surface area contributed by atoms with Crippen molar-refractivity contribution < 1.29 is 18.7 Å². The second-order valence-corrected chi connectivity index (χ2v) is 12.1. The van der Waals surface area contributed by atoms with Crippen LogP contribution >= 0.6 is 23.2 Å². The van der Waals surface area contributed by atoms with Gasteiger partial charge in [-0.15, -0.1) is 0 Å². The average Bonchev–Trinajstić information content (AvgIpc) is 3.60. The first-order valence-electron chi connectivity index (χ1n) is 14.2. The highest BCUT2D eigenvalue weighted by Crippen LogP contribution is 2.64.